The van der Waals surface area contributed by atoms with Crippen molar-refractivity contribution in [2.45, 2.75) is 13.0 Å². The molecule has 3 aromatic rings. The van der Waals surface area contributed by atoms with E-state index in [0.29, 0.717) is 21.4 Å². The molecular formula is C22H19Cl2N3O3. The Hall–Kier alpha value is -3.09. The summed E-state index contributed by atoms with van der Waals surface area (Å²) in [5.41, 5.74) is 2.91. The highest BCUT2D eigenvalue weighted by Gasteiger charge is 2.15. The first-order valence-corrected chi connectivity index (χ1v) is 9.87. The summed E-state index contributed by atoms with van der Waals surface area (Å²) in [5.74, 6) is -0.333. The van der Waals surface area contributed by atoms with Crippen LogP contribution in [0.2, 0.25) is 10.0 Å². The highest BCUT2D eigenvalue weighted by molar-refractivity contribution is 6.43. The highest BCUT2D eigenvalue weighted by Crippen LogP contribution is 2.24. The topological polar surface area (TPSA) is 79.8 Å². The maximum Gasteiger partial charge on any atom is 0.262 e. The maximum absolute atomic E-state index is 12.1. The number of hydrogen-bond donors (Lipinski definition) is 2. The smallest absolute Gasteiger partial charge is 0.262 e. The summed E-state index contributed by atoms with van der Waals surface area (Å²) in [6.07, 6.45) is 1.38. The maximum atomic E-state index is 12.1. The van der Waals surface area contributed by atoms with Gasteiger partial charge in [0.25, 0.3) is 11.8 Å². The minimum Gasteiger partial charge on any atom is -0.484 e. The van der Waals surface area contributed by atoms with Crippen LogP contribution in [0.15, 0.2) is 65.8 Å². The quantitative estimate of drug-likeness (QED) is 0.424. The van der Waals surface area contributed by atoms with E-state index in [1.807, 2.05) is 36.4 Å². The van der Waals surface area contributed by atoms with Crippen molar-refractivity contribution in [2.75, 3.05) is 6.61 Å². The molecule has 2 amide bonds. The molecule has 154 valence electrons. The standard InChI is InChI=1S/C22H19Cl2N3O3/c1-14(22(29)27-25-12-17-7-4-8-19(23)21(17)24)26-20(28)13-30-18-10-9-15-5-2-3-6-16(15)11-18/h2-12,14H,13H2,1H3,(H,26,28)(H,27,29)/b25-12+. The predicted octanol–water partition coefficient (Wildman–Crippen LogP) is 4.18. The molecule has 0 spiro atoms. The van der Waals surface area contributed by atoms with Gasteiger partial charge in [-0.15, -0.1) is 0 Å². The van der Waals surface area contributed by atoms with E-state index in [0.717, 1.165) is 10.8 Å². The number of nitrogens with zero attached hydrogens (tertiary/aromatic N) is 1. The van der Waals surface area contributed by atoms with Crippen molar-refractivity contribution in [3.8, 4) is 5.75 Å². The first-order valence-electron chi connectivity index (χ1n) is 9.12. The number of benzene rings is 3. The van der Waals surface area contributed by atoms with Gasteiger partial charge in [-0.25, -0.2) is 5.43 Å². The third-order valence-electron chi connectivity index (χ3n) is 4.22. The van der Waals surface area contributed by atoms with Gasteiger partial charge in [-0.3, -0.25) is 9.59 Å². The predicted molar refractivity (Wildman–Crippen MR) is 119 cm³/mol. The van der Waals surface area contributed by atoms with Gasteiger partial charge in [0, 0.05) is 5.56 Å². The van der Waals surface area contributed by atoms with Gasteiger partial charge >= 0.3 is 0 Å². The van der Waals surface area contributed by atoms with Gasteiger partial charge in [0.05, 0.1) is 16.3 Å². The zero-order chi connectivity index (χ0) is 21.5. The van der Waals surface area contributed by atoms with Gasteiger partial charge in [0.2, 0.25) is 0 Å². The van der Waals surface area contributed by atoms with Crippen LogP contribution in [0.25, 0.3) is 10.8 Å². The highest BCUT2D eigenvalue weighted by atomic mass is 35.5. The van der Waals surface area contributed by atoms with Crippen molar-refractivity contribution in [1.82, 2.24) is 10.7 Å². The van der Waals surface area contributed by atoms with Crippen LogP contribution in [0.4, 0.5) is 0 Å². The van der Waals surface area contributed by atoms with E-state index < -0.39 is 17.9 Å². The van der Waals surface area contributed by atoms with Crippen molar-refractivity contribution in [2.24, 2.45) is 5.10 Å². The van der Waals surface area contributed by atoms with Gasteiger partial charge in [-0.05, 0) is 35.9 Å². The molecule has 0 bridgehead atoms. The van der Waals surface area contributed by atoms with E-state index in [2.05, 4.69) is 15.8 Å². The van der Waals surface area contributed by atoms with Crippen LogP contribution in [0.5, 0.6) is 5.75 Å². The number of hydrazone groups is 1. The van der Waals surface area contributed by atoms with Crippen LogP contribution in [-0.4, -0.2) is 30.7 Å². The number of amides is 2. The van der Waals surface area contributed by atoms with Crippen LogP contribution >= 0.6 is 23.2 Å². The van der Waals surface area contributed by atoms with E-state index in [4.69, 9.17) is 27.9 Å². The van der Waals surface area contributed by atoms with Gasteiger partial charge in [0.1, 0.15) is 11.8 Å². The van der Waals surface area contributed by atoms with Crippen molar-refractivity contribution in [3.63, 3.8) is 0 Å². The molecule has 0 aliphatic carbocycles. The monoisotopic (exact) mass is 443 g/mol. The lowest BCUT2D eigenvalue weighted by Gasteiger charge is -2.13. The van der Waals surface area contributed by atoms with Gasteiger partial charge < -0.3 is 10.1 Å². The average Bonchev–Trinajstić information content (AvgIpc) is 2.75. The molecule has 6 nitrogen and oxygen atoms in total. The Morgan fingerprint density at radius 2 is 1.83 bits per heavy atom. The number of ether oxygens (including phenoxy) is 1. The summed E-state index contributed by atoms with van der Waals surface area (Å²) in [4.78, 5) is 24.2. The average molecular weight is 444 g/mol. The summed E-state index contributed by atoms with van der Waals surface area (Å²) in [7, 11) is 0. The minimum atomic E-state index is -0.801. The van der Waals surface area contributed by atoms with Crippen LogP contribution in [0, 0.1) is 0 Å². The second-order valence-corrected chi connectivity index (χ2v) is 7.25. The summed E-state index contributed by atoms with van der Waals surface area (Å²) in [5, 5.41) is 9.23. The fourth-order valence-electron chi connectivity index (χ4n) is 2.64. The summed E-state index contributed by atoms with van der Waals surface area (Å²) < 4.78 is 5.52. The van der Waals surface area contributed by atoms with E-state index >= 15 is 0 Å². The van der Waals surface area contributed by atoms with Crippen molar-refractivity contribution in [1.29, 1.82) is 0 Å². The molecule has 3 aromatic carbocycles. The Morgan fingerprint density at radius 1 is 1.07 bits per heavy atom. The van der Waals surface area contributed by atoms with Gasteiger partial charge in [-0.1, -0.05) is 65.7 Å². The number of hydrogen-bond acceptors (Lipinski definition) is 4. The van der Waals surface area contributed by atoms with Crippen LogP contribution in [0.1, 0.15) is 12.5 Å². The first kappa shape index (κ1) is 21.6. The number of nitrogens with one attached hydrogen (secondary N) is 2. The molecule has 3 rings (SSSR count). The third kappa shape index (κ3) is 5.72. The molecule has 0 radical (unpaired) electrons. The fraction of sp³-hybridized carbons (Fsp3) is 0.136. The molecule has 0 fully saturated rings. The minimum absolute atomic E-state index is 0.211. The van der Waals surface area contributed by atoms with Gasteiger partial charge in [0.15, 0.2) is 6.61 Å². The van der Waals surface area contributed by atoms with E-state index in [-0.39, 0.29) is 6.61 Å². The molecule has 1 atom stereocenters. The first-order chi connectivity index (χ1) is 14.4. The van der Waals surface area contributed by atoms with E-state index in [9.17, 15) is 9.59 Å². The Labute approximate surface area is 183 Å². The molecule has 2 N–H and O–H groups in total. The van der Waals surface area contributed by atoms with Crippen molar-refractivity contribution in [3.05, 3.63) is 76.3 Å². The molecule has 0 saturated carbocycles. The van der Waals surface area contributed by atoms with Crippen LogP contribution in [-0.2, 0) is 9.59 Å². The number of rotatable bonds is 7. The largest absolute Gasteiger partial charge is 0.484 e. The van der Waals surface area contributed by atoms with E-state index in [1.54, 1.807) is 31.2 Å². The molecule has 1 unspecified atom stereocenters. The Bertz CT molecular complexity index is 1100. The lowest BCUT2D eigenvalue weighted by Crippen LogP contribution is -2.45. The second-order valence-electron chi connectivity index (χ2n) is 6.46. The van der Waals surface area contributed by atoms with Crippen LogP contribution < -0.4 is 15.5 Å². The summed E-state index contributed by atoms with van der Waals surface area (Å²) in [6, 6.07) is 17.7. The lowest BCUT2D eigenvalue weighted by atomic mass is 10.1. The molecule has 30 heavy (non-hydrogen) atoms. The van der Waals surface area contributed by atoms with Crippen molar-refractivity contribution >= 4 is 52.0 Å². The molecule has 0 aliphatic heterocycles. The summed E-state index contributed by atoms with van der Waals surface area (Å²) in [6.45, 7) is 1.34. The zero-order valence-electron chi connectivity index (χ0n) is 16.1. The zero-order valence-corrected chi connectivity index (χ0v) is 17.6. The molecule has 0 aromatic heterocycles. The lowest BCUT2D eigenvalue weighted by molar-refractivity contribution is -0.129. The molecule has 0 saturated heterocycles. The normalized spacial score (nSPS) is 12.0. The van der Waals surface area contributed by atoms with Crippen LogP contribution in [0.3, 0.4) is 0 Å². The molecule has 8 heteroatoms. The number of fused-ring (bicyclic) bond motifs is 1. The second kappa shape index (κ2) is 10.1. The molecular weight excluding hydrogens is 425 g/mol. The van der Waals surface area contributed by atoms with E-state index in [1.165, 1.54) is 6.21 Å². The fourth-order valence-corrected chi connectivity index (χ4v) is 2.99. The van der Waals surface area contributed by atoms with Gasteiger partial charge in [-0.2, -0.15) is 5.10 Å². The molecule has 0 aliphatic rings. The number of halogens is 2. The SMILES string of the molecule is CC(NC(=O)COc1ccc2ccccc2c1)C(=O)N/N=C/c1cccc(Cl)c1Cl. The number of carbonyl (C=O) groups excluding carboxylic acids is 2. The van der Waals surface area contributed by atoms with Crippen molar-refractivity contribution < 1.29 is 14.3 Å². The third-order valence-corrected chi connectivity index (χ3v) is 5.06. The molecule has 0 heterocycles. The summed E-state index contributed by atoms with van der Waals surface area (Å²) >= 11 is 12.0. The Morgan fingerprint density at radius 3 is 2.63 bits per heavy atom. The Balaban J connectivity index is 1.47. The number of carbonyl (C=O) groups is 2. The Kier molecular flexibility index (Phi) is 7.27.